The topological polar surface area (TPSA) is 118 Å². The van der Waals surface area contributed by atoms with Crippen LogP contribution in [-0.2, 0) is 22.2 Å². The van der Waals surface area contributed by atoms with Gasteiger partial charge >= 0.3 is 0 Å². The Morgan fingerprint density at radius 1 is 0.981 bits per heavy atom. The van der Waals surface area contributed by atoms with Gasteiger partial charge in [0.2, 0.25) is 11.6 Å². The molecule has 0 bridgehead atoms. The number of aliphatic hydroxyl groups excluding tert-OH is 1. The SMILES string of the molecule is CCCCOc1cc(CN(C)C)c(N(C)C)c2c1C(O)=C1C(=O)[C@]3(O[Si](C)(C)C(C)(C)C)C(=O)c4c(OCCCC)noc4[C@@H](N(C)C)[C@@H]3C[C@@H]1C2. The summed E-state index contributed by atoms with van der Waals surface area (Å²) in [5, 5.41) is 16.5. The lowest BCUT2D eigenvalue weighted by Crippen LogP contribution is -2.68. The third kappa shape index (κ3) is 6.73. The zero-order valence-electron chi connectivity index (χ0n) is 33.9. The standard InChI is InChI=1S/C40H62N4O7Si/c1-14-16-18-48-28-22-25(23-42(6)7)32(43(8)9)26-20-24-21-27-33(44(10)11)35-31(38(41-50-35)49-19-17-15-2)37(47)40(27,51-52(12,13)39(3,4)5)36(46)29(24)34(45)30(26)28/h22,24,27,33,45H,14-21,23H2,1-13H3/t24-,27-,33-,40-/m0/s1. The number of rotatable bonds is 14. The number of aliphatic hydroxyl groups is 1. The van der Waals surface area contributed by atoms with E-state index in [4.69, 9.17) is 18.4 Å². The molecular formula is C40H62N4O7Si. The zero-order valence-corrected chi connectivity index (χ0v) is 34.9. The summed E-state index contributed by atoms with van der Waals surface area (Å²) < 4.78 is 25.8. The van der Waals surface area contributed by atoms with Crippen molar-refractivity contribution in [3.63, 3.8) is 0 Å². The van der Waals surface area contributed by atoms with E-state index in [0.29, 0.717) is 49.7 Å². The highest BCUT2D eigenvalue weighted by Crippen LogP contribution is 2.59. The van der Waals surface area contributed by atoms with Crippen LogP contribution in [0.25, 0.3) is 5.76 Å². The predicted octanol–water partition coefficient (Wildman–Crippen LogP) is 7.45. The van der Waals surface area contributed by atoms with Crippen LogP contribution >= 0.6 is 0 Å². The number of unbranched alkanes of at least 4 members (excludes halogenated alkanes) is 2. The number of fused-ring (bicyclic) bond motifs is 4. The fourth-order valence-electron chi connectivity index (χ4n) is 8.11. The fourth-order valence-corrected chi connectivity index (χ4v) is 9.56. The number of nitrogens with zero attached hydrogens (tertiary/aromatic N) is 4. The molecular weight excluding hydrogens is 677 g/mol. The van der Waals surface area contributed by atoms with Crippen LogP contribution in [-0.4, -0.2) is 101 Å². The first-order chi connectivity index (χ1) is 24.3. The van der Waals surface area contributed by atoms with E-state index in [9.17, 15) is 5.11 Å². The number of benzene rings is 1. The summed E-state index contributed by atoms with van der Waals surface area (Å²) in [5.74, 6) is -1.04. The van der Waals surface area contributed by atoms with Gasteiger partial charge in [0.15, 0.2) is 19.7 Å². The molecule has 3 aliphatic rings. The van der Waals surface area contributed by atoms with Crippen molar-refractivity contribution >= 4 is 31.3 Å². The second-order valence-electron chi connectivity index (χ2n) is 17.2. The predicted molar refractivity (Wildman–Crippen MR) is 207 cm³/mol. The molecule has 1 heterocycles. The van der Waals surface area contributed by atoms with E-state index in [2.05, 4.69) is 62.7 Å². The van der Waals surface area contributed by atoms with Gasteiger partial charge in [0.1, 0.15) is 17.1 Å². The third-order valence-corrected chi connectivity index (χ3v) is 16.0. The Morgan fingerprint density at radius 2 is 1.62 bits per heavy atom. The minimum absolute atomic E-state index is 0.0923. The van der Waals surface area contributed by atoms with E-state index in [1.807, 2.05) is 53.3 Å². The minimum Gasteiger partial charge on any atom is -0.507 e. The van der Waals surface area contributed by atoms with Crippen molar-refractivity contribution in [3.8, 4) is 11.6 Å². The second kappa shape index (κ2) is 14.9. The Hall–Kier alpha value is -3.19. The number of aromatic nitrogens is 1. The van der Waals surface area contributed by atoms with Gasteiger partial charge in [-0.05, 0) is 100 Å². The molecule has 1 N–H and O–H groups in total. The van der Waals surface area contributed by atoms with Crippen LogP contribution in [0.2, 0.25) is 18.1 Å². The summed E-state index contributed by atoms with van der Waals surface area (Å²) >= 11 is 0. The van der Waals surface area contributed by atoms with Gasteiger partial charge in [-0.3, -0.25) is 14.5 Å². The van der Waals surface area contributed by atoms with Gasteiger partial charge in [-0.2, -0.15) is 0 Å². The van der Waals surface area contributed by atoms with Crippen LogP contribution in [0.1, 0.15) is 106 Å². The van der Waals surface area contributed by atoms with Crippen LogP contribution in [0.15, 0.2) is 16.2 Å². The highest BCUT2D eigenvalue weighted by Gasteiger charge is 2.69. The third-order valence-electron chi connectivity index (χ3n) is 11.5. The molecule has 52 heavy (non-hydrogen) atoms. The fraction of sp³-hybridized carbons (Fsp3) is 0.675. The molecule has 0 aliphatic heterocycles. The highest BCUT2D eigenvalue weighted by molar-refractivity contribution is 6.74. The zero-order chi connectivity index (χ0) is 38.5. The first-order valence-corrected chi connectivity index (χ1v) is 21.9. The van der Waals surface area contributed by atoms with Gasteiger partial charge in [-0.25, -0.2) is 0 Å². The second-order valence-corrected chi connectivity index (χ2v) is 21.9. The quantitative estimate of drug-likeness (QED) is 0.118. The first-order valence-electron chi connectivity index (χ1n) is 19.0. The van der Waals surface area contributed by atoms with Crippen molar-refractivity contribution in [1.29, 1.82) is 0 Å². The van der Waals surface area contributed by atoms with Gasteiger partial charge in [0.25, 0.3) is 5.88 Å². The van der Waals surface area contributed by atoms with Gasteiger partial charge in [-0.15, -0.1) is 0 Å². The Kier molecular flexibility index (Phi) is 11.5. The number of hydrogen-bond acceptors (Lipinski definition) is 11. The van der Waals surface area contributed by atoms with Crippen molar-refractivity contribution in [2.24, 2.45) is 11.8 Å². The molecule has 0 spiro atoms. The van der Waals surface area contributed by atoms with Crippen molar-refractivity contribution in [3.05, 3.63) is 39.7 Å². The normalized spacial score (nSPS) is 23.1. The molecule has 12 heteroatoms. The number of hydrogen-bond donors (Lipinski definition) is 1. The van der Waals surface area contributed by atoms with Crippen LogP contribution in [0.4, 0.5) is 5.69 Å². The van der Waals surface area contributed by atoms with Crippen LogP contribution in [0, 0.1) is 11.8 Å². The summed E-state index contributed by atoms with van der Waals surface area (Å²) in [6.45, 7) is 16.1. The maximum atomic E-state index is 15.7. The molecule has 3 aliphatic carbocycles. The van der Waals surface area contributed by atoms with E-state index < -0.39 is 37.4 Å². The van der Waals surface area contributed by atoms with Crippen LogP contribution in [0.3, 0.4) is 0 Å². The summed E-state index contributed by atoms with van der Waals surface area (Å²) in [7, 11) is 9.13. The number of anilines is 1. The molecule has 11 nitrogen and oxygen atoms in total. The van der Waals surface area contributed by atoms with Crippen LogP contribution < -0.4 is 14.4 Å². The molecule has 2 aromatic rings. The highest BCUT2D eigenvalue weighted by atomic mass is 28.4. The number of carbonyl (C=O) groups is 2. The van der Waals surface area contributed by atoms with Gasteiger partial charge < -0.3 is 33.3 Å². The van der Waals surface area contributed by atoms with Crippen LogP contribution in [0.5, 0.6) is 11.6 Å². The van der Waals surface area contributed by atoms with Gasteiger partial charge in [0, 0.05) is 37.8 Å². The van der Waals surface area contributed by atoms with E-state index in [-0.39, 0.29) is 33.7 Å². The molecule has 1 aromatic carbocycles. The molecule has 4 atom stereocenters. The molecule has 0 saturated heterocycles. The molecule has 1 saturated carbocycles. The average molecular weight is 739 g/mol. The number of Topliss-reactive ketones (excluding diaryl/α,β-unsaturated/α-hetero) is 2. The van der Waals surface area contributed by atoms with Crippen molar-refractivity contribution in [2.45, 2.75) is 109 Å². The lowest BCUT2D eigenvalue weighted by molar-refractivity contribution is -0.140. The summed E-state index contributed by atoms with van der Waals surface area (Å²) in [6, 6.07) is 1.50. The number of carbonyl (C=O) groups excluding carboxylic acids is 2. The van der Waals surface area contributed by atoms with Crippen molar-refractivity contribution < 1.29 is 33.1 Å². The largest absolute Gasteiger partial charge is 0.507 e. The summed E-state index contributed by atoms with van der Waals surface area (Å²) in [6.07, 6.45) is 4.39. The van der Waals surface area contributed by atoms with Crippen molar-refractivity contribution in [1.82, 2.24) is 15.0 Å². The van der Waals surface area contributed by atoms with E-state index >= 15 is 9.59 Å². The lowest BCUT2D eigenvalue weighted by Gasteiger charge is -2.55. The molecule has 288 valence electrons. The van der Waals surface area contributed by atoms with Gasteiger partial charge in [0.05, 0.1) is 24.8 Å². The smallest absolute Gasteiger partial charge is 0.265 e. The summed E-state index contributed by atoms with van der Waals surface area (Å²) in [5.41, 5.74) is 2.05. The maximum absolute atomic E-state index is 15.7. The van der Waals surface area contributed by atoms with E-state index in [1.54, 1.807) is 0 Å². The average Bonchev–Trinajstić information content (AvgIpc) is 3.44. The van der Waals surface area contributed by atoms with E-state index in [0.717, 1.165) is 42.5 Å². The number of ketones is 2. The Morgan fingerprint density at radius 3 is 2.17 bits per heavy atom. The van der Waals surface area contributed by atoms with Gasteiger partial charge in [-0.1, -0.05) is 47.5 Å². The minimum atomic E-state index is -2.83. The number of ether oxygens (including phenoxy) is 2. The summed E-state index contributed by atoms with van der Waals surface area (Å²) in [4.78, 5) is 37.3. The van der Waals surface area contributed by atoms with E-state index in [1.165, 1.54) is 0 Å². The monoisotopic (exact) mass is 738 g/mol. The molecule has 1 aromatic heterocycles. The molecule has 5 rings (SSSR count). The Labute approximate surface area is 311 Å². The molecule has 0 amide bonds. The molecule has 0 radical (unpaired) electrons. The lowest BCUT2D eigenvalue weighted by atomic mass is 9.57. The Bertz CT molecular complexity index is 1710. The molecule has 0 unspecified atom stereocenters. The van der Waals surface area contributed by atoms with Crippen molar-refractivity contribution in [2.75, 3.05) is 60.4 Å². The molecule has 1 fully saturated rings. The first kappa shape index (κ1) is 40.0. The maximum Gasteiger partial charge on any atom is 0.265 e. The Balaban J connectivity index is 1.81.